The van der Waals surface area contributed by atoms with Gasteiger partial charge in [-0.25, -0.2) is 9.78 Å². The fraction of sp³-hybridized carbons (Fsp3) is 0.292. The monoisotopic (exact) mass is 437 g/mol. The molecule has 1 saturated heterocycles. The topological polar surface area (TPSA) is 73.7 Å². The number of benzene rings is 2. The van der Waals surface area contributed by atoms with Crippen molar-refractivity contribution in [3.8, 4) is 11.3 Å². The molecule has 0 radical (unpaired) electrons. The Labute approximate surface area is 186 Å². The standard InChI is InChI=1S/C24H24ClN3O3/c1-14-4-6-17(7-5-14)22-16(3)21(25)19-9-8-18(12-20(19)26-22)23(29)28-11-10-27(24(30)31)13-15(28)2/h4-9,12,15H,10-11,13H2,1-3H3,(H,30,31)/t15-/m0/s1. The summed E-state index contributed by atoms with van der Waals surface area (Å²) in [6.45, 7) is 6.82. The van der Waals surface area contributed by atoms with Crippen molar-refractivity contribution >= 4 is 34.5 Å². The fourth-order valence-electron chi connectivity index (χ4n) is 4.04. The summed E-state index contributed by atoms with van der Waals surface area (Å²) in [5.41, 5.74) is 5.01. The van der Waals surface area contributed by atoms with E-state index in [-0.39, 0.29) is 11.9 Å². The third-order valence-corrected chi connectivity index (χ3v) is 6.37. The number of rotatable bonds is 2. The number of pyridine rings is 1. The van der Waals surface area contributed by atoms with E-state index in [1.54, 1.807) is 17.0 Å². The molecule has 0 unspecified atom stereocenters. The van der Waals surface area contributed by atoms with Crippen LogP contribution in [0.2, 0.25) is 5.02 Å². The zero-order valence-corrected chi connectivity index (χ0v) is 18.5. The van der Waals surface area contributed by atoms with Gasteiger partial charge in [-0.1, -0.05) is 47.5 Å². The van der Waals surface area contributed by atoms with Gasteiger partial charge in [0, 0.05) is 42.2 Å². The Balaban J connectivity index is 1.70. The minimum absolute atomic E-state index is 0.130. The van der Waals surface area contributed by atoms with E-state index in [9.17, 15) is 14.7 Å². The Morgan fingerprint density at radius 1 is 1.10 bits per heavy atom. The smallest absolute Gasteiger partial charge is 0.407 e. The van der Waals surface area contributed by atoms with E-state index >= 15 is 0 Å². The molecular formula is C24H24ClN3O3. The number of carbonyl (C=O) groups is 2. The number of amides is 2. The highest BCUT2D eigenvalue weighted by molar-refractivity contribution is 6.36. The lowest BCUT2D eigenvalue weighted by Gasteiger charge is -2.38. The molecule has 1 N–H and O–H groups in total. The number of nitrogens with zero attached hydrogens (tertiary/aromatic N) is 3. The summed E-state index contributed by atoms with van der Waals surface area (Å²) in [5.74, 6) is -0.130. The molecule has 0 aliphatic carbocycles. The average Bonchev–Trinajstić information content (AvgIpc) is 2.76. The second kappa shape index (κ2) is 8.19. The summed E-state index contributed by atoms with van der Waals surface area (Å²) in [7, 11) is 0. The van der Waals surface area contributed by atoms with E-state index < -0.39 is 6.09 Å². The Hall–Kier alpha value is -3.12. The summed E-state index contributed by atoms with van der Waals surface area (Å²) in [4.78, 5) is 32.3. The van der Waals surface area contributed by atoms with Crippen LogP contribution in [-0.4, -0.2) is 57.6 Å². The van der Waals surface area contributed by atoms with Crippen molar-refractivity contribution in [2.24, 2.45) is 0 Å². The molecule has 1 aliphatic rings. The highest BCUT2D eigenvalue weighted by Gasteiger charge is 2.30. The van der Waals surface area contributed by atoms with Crippen molar-refractivity contribution in [3.05, 3.63) is 64.2 Å². The van der Waals surface area contributed by atoms with Gasteiger partial charge in [-0.3, -0.25) is 4.79 Å². The number of fused-ring (bicyclic) bond motifs is 1. The molecule has 0 saturated carbocycles. The first-order valence-corrected chi connectivity index (χ1v) is 10.6. The second-order valence-electron chi connectivity index (χ2n) is 8.07. The third kappa shape index (κ3) is 3.95. The number of piperazine rings is 1. The molecule has 0 spiro atoms. The normalized spacial score (nSPS) is 16.6. The van der Waals surface area contributed by atoms with E-state index in [1.165, 1.54) is 10.5 Å². The molecule has 31 heavy (non-hydrogen) atoms. The lowest BCUT2D eigenvalue weighted by molar-refractivity contribution is 0.0484. The first-order valence-electron chi connectivity index (χ1n) is 10.2. The van der Waals surface area contributed by atoms with Crippen LogP contribution >= 0.6 is 11.6 Å². The molecule has 4 rings (SSSR count). The van der Waals surface area contributed by atoms with Gasteiger partial charge in [-0.15, -0.1) is 0 Å². The number of hydrogen-bond donors (Lipinski definition) is 1. The van der Waals surface area contributed by atoms with Gasteiger partial charge in [0.1, 0.15) is 0 Å². The van der Waals surface area contributed by atoms with Crippen LogP contribution in [-0.2, 0) is 0 Å². The molecule has 2 aromatic carbocycles. The lowest BCUT2D eigenvalue weighted by Crippen LogP contribution is -2.55. The molecule has 1 aliphatic heterocycles. The van der Waals surface area contributed by atoms with Crippen LogP contribution in [0.1, 0.15) is 28.4 Å². The highest BCUT2D eigenvalue weighted by atomic mass is 35.5. The van der Waals surface area contributed by atoms with E-state index in [1.807, 2.05) is 51.1 Å². The number of halogens is 1. The minimum Gasteiger partial charge on any atom is -0.465 e. The highest BCUT2D eigenvalue weighted by Crippen LogP contribution is 2.33. The maximum atomic E-state index is 13.2. The molecule has 7 heteroatoms. The molecular weight excluding hydrogens is 414 g/mol. The van der Waals surface area contributed by atoms with Crippen molar-refractivity contribution in [1.82, 2.24) is 14.8 Å². The number of aromatic nitrogens is 1. The van der Waals surface area contributed by atoms with E-state index in [4.69, 9.17) is 16.6 Å². The summed E-state index contributed by atoms with van der Waals surface area (Å²) >= 11 is 6.67. The molecule has 2 amide bonds. The quantitative estimate of drug-likeness (QED) is 0.612. The zero-order chi connectivity index (χ0) is 22.3. The Bertz CT molecular complexity index is 1180. The molecule has 0 bridgehead atoms. The largest absolute Gasteiger partial charge is 0.465 e. The molecule has 2 heterocycles. The summed E-state index contributed by atoms with van der Waals surface area (Å²) < 4.78 is 0. The summed E-state index contributed by atoms with van der Waals surface area (Å²) in [6.07, 6.45) is -0.956. The van der Waals surface area contributed by atoms with Crippen LogP contribution < -0.4 is 0 Å². The molecule has 6 nitrogen and oxygen atoms in total. The first kappa shape index (κ1) is 21.1. The van der Waals surface area contributed by atoms with Gasteiger partial charge in [0.05, 0.1) is 16.2 Å². The van der Waals surface area contributed by atoms with Gasteiger partial charge in [0.2, 0.25) is 0 Å². The SMILES string of the molecule is Cc1ccc(-c2nc3cc(C(=O)N4CCN(C(=O)O)C[C@@H]4C)ccc3c(Cl)c2C)cc1. The lowest BCUT2D eigenvalue weighted by atomic mass is 10.0. The Morgan fingerprint density at radius 2 is 1.81 bits per heavy atom. The van der Waals surface area contributed by atoms with Crippen LogP contribution in [0.4, 0.5) is 4.79 Å². The van der Waals surface area contributed by atoms with Gasteiger partial charge in [0.25, 0.3) is 5.91 Å². The molecule has 1 aromatic heterocycles. The molecule has 1 atom stereocenters. The molecule has 3 aromatic rings. The van der Waals surface area contributed by atoms with Crippen molar-refractivity contribution in [1.29, 1.82) is 0 Å². The fourth-order valence-corrected chi connectivity index (χ4v) is 4.29. The number of aryl methyl sites for hydroxylation is 1. The zero-order valence-electron chi connectivity index (χ0n) is 17.7. The first-order chi connectivity index (χ1) is 14.8. The van der Waals surface area contributed by atoms with Gasteiger partial charge >= 0.3 is 6.09 Å². The Kier molecular flexibility index (Phi) is 5.58. The van der Waals surface area contributed by atoms with Crippen LogP contribution in [0.5, 0.6) is 0 Å². The van der Waals surface area contributed by atoms with E-state index in [2.05, 4.69) is 0 Å². The Morgan fingerprint density at radius 3 is 2.45 bits per heavy atom. The van der Waals surface area contributed by atoms with Gasteiger partial charge < -0.3 is 14.9 Å². The number of carbonyl (C=O) groups excluding carboxylic acids is 1. The van der Waals surface area contributed by atoms with Crippen molar-refractivity contribution in [2.45, 2.75) is 26.8 Å². The summed E-state index contributed by atoms with van der Waals surface area (Å²) in [6, 6.07) is 13.3. The average molecular weight is 438 g/mol. The van der Waals surface area contributed by atoms with E-state index in [0.29, 0.717) is 35.7 Å². The maximum Gasteiger partial charge on any atom is 0.407 e. The third-order valence-electron chi connectivity index (χ3n) is 5.88. The number of carboxylic acid groups (broad SMARTS) is 1. The predicted molar refractivity (Wildman–Crippen MR) is 122 cm³/mol. The second-order valence-corrected chi connectivity index (χ2v) is 8.45. The van der Waals surface area contributed by atoms with Crippen LogP contribution in [0.3, 0.4) is 0 Å². The van der Waals surface area contributed by atoms with Crippen LogP contribution in [0, 0.1) is 13.8 Å². The van der Waals surface area contributed by atoms with Crippen molar-refractivity contribution in [2.75, 3.05) is 19.6 Å². The van der Waals surface area contributed by atoms with E-state index in [0.717, 1.165) is 22.2 Å². The van der Waals surface area contributed by atoms with Crippen molar-refractivity contribution < 1.29 is 14.7 Å². The molecule has 160 valence electrons. The minimum atomic E-state index is -0.956. The van der Waals surface area contributed by atoms with Gasteiger partial charge in [-0.2, -0.15) is 0 Å². The van der Waals surface area contributed by atoms with Gasteiger partial charge in [-0.05, 0) is 38.5 Å². The number of hydrogen-bond acceptors (Lipinski definition) is 3. The van der Waals surface area contributed by atoms with Crippen LogP contribution in [0.25, 0.3) is 22.2 Å². The van der Waals surface area contributed by atoms with Crippen LogP contribution in [0.15, 0.2) is 42.5 Å². The van der Waals surface area contributed by atoms with Crippen molar-refractivity contribution in [3.63, 3.8) is 0 Å². The predicted octanol–water partition coefficient (Wildman–Crippen LogP) is 5.00. The maximum absolute atomic E-state index is 13.2. The summed E-state index contributed by atoms with van der Waals surface area (Å²) in [5, 5.41) is 10.6. The molecule has 1 fully saturated rings. The van der Waals surface area contributed by atoms with Gasteiger partial charge in [0.15, 0.2) is 0 Å².